The van der Waals surface area contributed by atoms with Gasteiger partial charge >= 0.3 is 0 Å². The number of ketones is 1. The Morgan fingerprint density at radius 1 is 1.17 bits per heavy atom. The van der Waals surface area contributed by atoms with Gasteiger partial charge in [-0.25, -0.2) is 0 Å². The molecular formula is C19H20N2O2. The molecule has 0 atom stereocenters. The fourth-order valence-corrected chi connectivity index (χ4v) is 2.70. The lowest BCUT2D eigenvalue weighted by molar-refractivity contribution is 0.104. The summed E-state index contributed by atoms with van der Waals surface area (Å²) in [7, 11) is 0. The summed E-state index contributed by atoms with van der Waals surface area (Å²) in [5.41, 5.74) is 2.68. The van der Waals surface area contributed by atoms with Gasteiger partial charge in [-0.15, -0.1) is 0 Å². The van der Waals surface area contributed by atoms with Crippen LogP contribution in [0.4, 0.5) is 5.69 Å². The predicted molar refractivity (Wildman–Crippen MR) is 91.5 cm³/mol. The van der Waals surface area contributed by atoms with Gasteiger partial charge in [-0.1, -0.05) is 6.07 Å². The number of carbonyl (C=O) groups excluding carboxylic acids is 1. The first-order chi connectivity index (χ1) is 11.2. The molecule has 0 amide bonds. The lowest BCUT2D eigenvalue weighted by Crippen LogP contribution is -2.35. The SMILES string of the molecule is O=C(C=Cc1cccnc1)c1ccc(N2CCC(O)CC2)cc1. The second-order valence-corrected chi connectivity index (χ2v) is 5.75. The molecule has 4 nitrogen and oxygen atoms in total. The van der Waals surface area contributed by atoms with Crippen LogP contribution in [0.2, 0.25) is 0 Å². The summed E-state index contributed by atoms with van der Waals surface area (Å²) in [5, 5.41) is 9.56. The largest absolute Gasteiger partial charge is 0.393 e. The van der Waals surface area contributed by atoms with Crippen LogP contribution in [0, 0.1) is 0 Å². The Labute approximate surface area is 136 Å². The molecule has 2 aromatic rings. The summed E-state index contributed by atoms with van der Waals surface area (Å²) < 4.78 is 0. The number of hydrogen-bond donors (Lipinski definition) is 1. The molecule has 1 aliphatic rings. The molecule has 4 heteroatoms. The number of carbonyl (C=O) groups is 1. The number of piperidine rings is 1. The number of allylic oxidation sites excluding steroid dienone is 1. The van der Waals surface area contributed by atoms with Gasteiger partial charge in [0.25, 0.3) is 0 Å². The van der Waals surface area contributed by atoms with Crippen LogP contribution in [-0.4, -0.2) is 35.1 Å². The average Bonchev–Trinajstić information content (AvgIpc) is 2.61. The van der Waals surface area contributed by atoms with Crippen molar-refractivity contribution in [3.63, 3.8) is 0 Å². The molecule has 0 spiro atoms. The minimum atomic E-state index is -0.176. The number of pyridine rings is 1. The van der Waals surface area contributed by atoms with E-state index in [2.05, 4.69) is 9.88 Å². The fourth-order valence-electron chi connectivity index (χ4n) is 2.70. The third-order valence-electron chi connectivity index (χ3n) is 4.09. The Morgan fingerprint density at radius 3 is 2.57 bits per heavy atom. The van der Waals surface area contributed by atoms with Gasteiger partial charge in [0.05, 0.1) is 6.10 Å². The number of benzene rings is 1. The number of aliphatic hydroxyl groups excluding tert-OH is 1. The smallest absolute Gasteiger partial charge is 0.185 e. The topological polar surface area (TPSA) is 53.4 Å². The minimum Gasteiger partial charge on any atom is -0.393 e. The van der Waals surface area contributed by atoms with Gasteiger partial charge in [-0.05, 0) is 60.9 Å². The zero-order chi connectivity index (χ0) is 16.1. The predicted octanol–water partition coefficient (Wildman–Crippen LogP) is 2.94. The quantitative estimate of drug-likeness (QED) is 0.697. The van der Waals surface area contributed by atoms with Crippen molar-refractivity contribution in [1.82, 2.24) is 4.98 Å². The third kappa shape index (κ3) is 4.05. The van der Waals surface area contributed by atoms with Crippen molar-refractivity contribution in [2.24, 2.45) is 0 Å². The lowest BCUT2D eigenvalue weighted by atomic mass is 10.1. The van der Waals surface area contributed by atoms with E-state index in [4.69, 9.17) is 0 Å². The highest BCUT2D eigenvalue weighted by molar-refractivity contribution is 6.06. The van der Waals surface area contributed by atoms with Crippen molar-refractivity contribution < 1.29 is 9.90 Å². The maximum Gasteiger partial charge on any atom is 0.185 e. The van der Waals surface area contributed by atoms with E-state index in [1.165, 1.54) is 0 Å². The Balaban J connectivity index is 1.65. The van der Waals surface area contributed by atoms with Gasteiger partial charge in [-0.2, -0.15) is 0 Å². The van der Waals surface area contributed by atoms with E-state index in [-0.39, 0.29) is 11.9 Å². The summed E-state index contributed by atoms with van der Waals surface area (Å²) in [4.78, 5) is 18.5. The summed E-state index contributed by atoms with van der Waals surface area (Å²) in [6.45, 7) is 1.71. The molecule has 118 valence electrons. The normalized spacial score (nSPS) is 16.0. The van der Waals surface area contributed by atoms with E-state index in [0.29, 0.717) is 5.56 Å². The molecule has 1 aliphatic heterocycles. The Kier molecular flexibility index (Phi) is 4.83. The van der Waals surface area contributed by atoms with Crippen LogP contribution in [-0.2, 0) is 0 Å². The molecule has 1 fully saturated rings. The second-order valence-electron chi connectivity index (χ2n) is 5.75. The van der Waals surface area contributed by atoms with Crippen LogP contribution in [0.3, 0.4) is 0 Å². The molecular weight excluding hydrogens is 288 g/mol. The summed E-state index contributed by atoms with van der Waals surface area (Å²) in [6, 6.07) is 11.4. The Morgan fingerprint density at radius 2 is 1.91 bits per heavy atom. The fraction of sp³-hybridized carbons (Fsp3) is 0.263. The second kappa shape index (κ2) is 7.20. The van der Waals surface area contributed by atoms with Crippen molar-refractivity contribution in [2.45, 2.75) is 18.9 Å². The summed E-state index contributed by atoms with van der Waals surface area (Å²) in [6.07, 6.45) is 8.20. The van der Waals surface area contributed by atoms with Gasteiger partial charge in [-0.3, -0.25) is 9.78 Å². The van der Waals surface area contributed by atoms with Gasteiger partial charge in [0, 0.05) is 36.7 Å². The molecule has 1 aromatic carbocycles. The van der Waals surface area contributed by atoms with Crippen molar-refractivity contribution in [2.75, 3.05) is 18.0 Å². The van der Waals surface area contributed by atoms with E-state index in [1.807, 2.05) is 36.4 Å². The molecule has 23 heavy (non-hydrogen) atoms. The van der Waals surface area contributed by atoms with Crippen molar-refractivity contribution >= 4 is 17.5 Å². The summed E-state index contributed by atoms with van der Waals surface area (Å²) in [5.74, 6) is -0.0190. The van der Waals surface area contributed by atoms with Crippen molar-refractivity contribution in [3.8, 4) is 0 Å². The highest BCUT2D eigenvalue weighted by Gasteiger charge is 2.17. The molecule has 1 saturated heterocycles. The molecule has 0 bridgehead atoms. The number of anilines is 1. The van der Waals surface area contributed by atoms with E-state index >= 15 is 0 Å². The number of aliphatic hydroxyl groups is 1. The van der Waals surface area contributed by atoms with E-state index < -0.39 is 0 Å². The number of rotatable bonds is 4. The van der Waals surface area contributed by atoms with Crippen LogP contribution >= 0.6 is 0 Å². The Hall–Kier alpha value is -2.46. The van der Waals surface area contributed by atoms with E-state index in [0.717, 1.165) is 37.2 Å². The van der Waals surface area contributed by atoms with E-state index in [1.54, 1.807) is 24.5 Å². The monoisotopic (exact) mass is 308 g/mol. The molecule has 0 saturated carbocycles. The molecule has 1 aromatic heterocycles. The molecule has 0 radical (unpaired) electrons. The van der Waals surface area contributed by atoms with Crippen LogP contribution in [0.5, 0.6) is 0 Å². The van der Waals surface area contributed by atoms with Crippen LogP contribution in [0.15, 0.2) is 54.9 Å². The van der Waals surface area contributed by atoms with Crippen LogP contribution in [0.1, 0.15) is 28.8 Å². The summed E-state index contributed by atoms with van der Waals surface area (Å²) >= 11 is 0. The number of hydrogen-bond acceptors (Lipinski definition) is 4. The van der Waals surface area contributed by atoms with Crippen LogP contribution in [0.25, 0.3) is 6.08 Å². The molecule has 1 N–H and O–H groups in total. The number of aromatic nitrogens is 1. The number of nitrogens with zero attached hydrogens (tertiary/aromatic N) is 2. The average molecular weight is 308 g/mol. The maximum absolute atomic E-state index is 12.2. The zero-order valence-electron chi connectivity index (χ0n) is 12.9. The first-order valence-electron chi connectivity index (χ1n) is 7.88. The van der Waals surface area contributed by atoms with Crippen molar-refractivity contribution in [1.29, 1.82) is 0 Å². The highest BCUT2D eigenvalue weighted by atomic mass is 16.3. The molecule has 2 heterocycles. The lowest BCUT2D eigenvalue weighted by Gasteiger charge is -2.31. The molecule has 0 unspecified atom stereocenters. The minimum absolute atomic E-state index is 0.0190. The Bertz CT molecular complexity index is 672. The van der Waals surface area contributed by atoms with Crippen LogP contribution < -0.4 is 4.90 Å². The highest BCUT2D eigenvalue weighted by Crippen LogP contribution is 2.20. The third-order valence-corrected chi connectivity index (χ3v) is 4.09. The van der Waals surface area contributed by atoms with E-state index in [9.17, 15) is 9.90 Å². The van der Waals surface area contributed by atoms with Gasteiger partial charge in [0.1, 0.15) is 0 Å². The van der Waals surface area contributed by atoms with Crippen molar-refractivity contribution in [3.05, 3.63) is 66.0 Å². The van der Waals surface area contributed by atoms with Gasteiger partial charge in [0.15, 0.2) is 5.78 Å². The molecule has 3 rings (SSSR count). The molecule has 0 aliphatic carbocycles. The standard InChI is InChI=1S/C19H20N2O2/c22-18-9-12-21(13-10-18)17-6-4-16(5-7-17)19(23)8-3-15-2-1-11-20-14-15/h1-8,11,14,18,22H,9-10,12-13H2. The first kappa shape index (κ1) is 15.4. The zero-order valence-corrected chi connectivity index (χ0v) is 12.9. The van der Waals surface area contributed by atoms with Gasteiger partial charge < -0.3 is 10.0 Å². The maximum atomic E-state index is 12.2. The first-order valence-corrected chi connectivity index (χ1v) is 7.88. The van der Waals surface area contributed by atoms with Gasteiger partial charge in [0.2, 0.25) is 0 Å².